The van der Waals surface area contributed by atoms with Gasteiger partial charge in [-0.15, -0.1) is 6.10 Å². The molecule has 0 unspecified atom stereocenters. The van der Waals surface area contributed by atoms with Gasteiger partial charge in [0.05, 0.1) is 0 Å². The summed E-state index contributed by atoms with van der Waals surface area (Å²) in [6, 6.07) is 0. The van der Waals surface area contributed by atoms with Crippen LogP contribution in [0.4, 0.5) is 0 Å². The summed E-state index contributed by atoms with van der Waals surface area (Å²) < 4.78 is 0. The van der Waals surface area contributed by atoms with Crippen LogP contribution in [0.3, 0.4) is 0 Å². The molecule has 0 amide bonds. The third-order valence-corrected chi connectivity index (χ3v) is 1.55. The van der Waals surface area contributed by atoms with Crippen LogP contribution < -0.4 is 34.7 Å². The van der Waals surface area contributed by atoms with Crippen LogP contribution in [0.2, 0.25) is 0 Å². The molecule has 0 N–H and O–H groups in total. The van der Waals surface area contributed by atoms with Gasteiger partial charge in [-0.2, -0.15) is 0 Å². The van der Waals surface area contributed by atoms with Gasteiger partial charge < -0.3 is 5.11 Å². The molecule has 0 aromatic carbocycles. The molecule has 1 aliphatic carbocycles. The molecule has 1 aliphatic rings. The van der Waals surface area contributed by atoms with Crippen molar-refractivity contribution in [3.05, 3.63) is 0 Å². The zero-order chi connectivity index (χ0) is 5.11. The van der Waals surface area contributed by atoms with E-state index in [1.807, 2.05) is 0 Å². The largest absolute Gasteiger partial charge is 1.00 e. The van der Waals surface area contributed by atoms with E-state index >= 15 is 0 Å². The minimum absolute atomic E-state index is 0. The third kappa shape index (κ3) is 3.08. The van der Waals surface area contributed by atoms with Gasteiger partial charge in [-0.1, -0.05) is 32.1 Å². The fourth-order valence-corrected chi connectivity index (χ4v) is 1.07. The Morgan fingerprint density at radius 3 is 1.75 bits per heavy atom. The number of hydrogen-bond acceptors (Lipinski definition) is 1. The van der Waals surface area contributed by atoms with Crippen molar-refractivity contribution in [2.75, 3.05) is 0 Å². The molecular formula is C6H11NaO. The summed E-state index contributed by atoms with van der Waals surface area (Å²) in [6.45, 7) is 0. The molecule has 0 spiro atoms. The molecule has 0 heterocycles. The summed E-state index contributed by atoms with van der Waals surface area (Å²) in [7, 11) is 0. The molecule has 1 nitrogen and oxygen atoms in total. The first kappa shape index (κ1) is 8.96. The molecule has 0 radical (unpaired) electrons. The molecule has 0 atom stereocenters. The van der Waals surface area contributed by atoms with Gasteiger partial charge in [-0.25, -0.2) is 0 Å². The zero-order valence-corrected chi connectivity index (χ0v) is 7.52. The molecule has 1 saturated carbocycles. The summed E-state index contributed by atoms with van der Waals surface area (Å²) in [5, 5.41) is 10.5. The topological polar surface area (TPSA) is 23.1 Å². The van der Waals surface area contributed by atoms with E-state index in [0.717, 1.165) is 12.8 Å². The predicted molar refractivity (Wildman–Crippen MR) is 26.9 cm³/mol. The van der Waals surface area contributed by atoms with Gasteiger partial charge in [0.2, 0.25) is 0 Å². The Labute approximate surface area is 72.8 Å². The van der Waals surface area contributed by atoms with Crippen LogP contribution in [-0.2, 0) is 0 Å². The Kier molecular flexibility index (Phi) is 5.38. The predicted octanol–water partition coefficient (Wildman–Crippen LogP) is -2.32. The Morgan fingerprint density at radius 2 is 1.50 bits per heavy atom. The fraction of sp³-hybridized carbons (Fsp3) is 1.00. The molecule has 2 heteroatoms. The van der Waals surface area contributed by atoms with Crippen molar-refractivity contribution in [3.8, 4) is 0 Å². The Bertz CT molecular complexity index is 50.5. The van der Waals surface area contributed by atoms with E-state index in [2.05, 4.69) is 0 Å². The first-order valence-electron chi connectivity index (χ1n) is 3.05. The van der Waals surface area contributed by atoms with Crippen molar-refractivity contribution in [1.29, 1.82) is 0 Å². The van der Waals surface area contributed by atoms with E-state index in [1.54, 1.807) is 0 Å². The van der Waals surface area contributed by atoms with E-state index in [4.69, 9.17) is 0 Å². The van der Waals surface area contributed by atoms with Crippen LogP contribution in [0.25, 0.3) is 0 Å². The average Bonchev–Trinajstić information content (AvgIpc) is 1.69. The van der Waals surface area contributed by atoms with Gasteiger partial charge in [0.25, 0.3) is 0 Å². The molecule has 8 heavy (non-hydrogen) atoms. The van der Waals surface area contributed by atoms with Crippen LogP contribution in [-0.4, -0.2) is 6.10 Å². The molecule has 0 aromatic rings. The van der Waals surface area contributed by atoms with E-state index < -0.39 is 0 Å². The van der Waals surface area contributed by atoms with E-state index in [0.29, 0.717) is 0 Å². The number of rotatable bonds is 0. The van der Waals surface area contributed by atoms with Crippen molar-refractivity contribution < 1.29 is 34.7 Å². The molecule has 0 aliphatic heterocycles. The smallest absolute Gasteiger partial charge is 0.852 e. The van der Waals surface area contributed by atoms with Gasteiger partial charge in [-0.3, -0.25) is 0 Å². The summed E-state index contributed by atoms with van der Waals surface area (Å²) in [5.41, 5.74) is 0. The fourth-order valence-electron chi connectivity index (χ4n) is 1.07. The first-order chi connectivity index (χ1) is 3.39. The molecule has 1 rings (SSSR count). The SMILES string of the molecule is [Na+].[O-]C1CCCCC1. The van der Waals surface area contributed by atoms with E-state index in [-0.39, 0.29) is 35.7 Å². The second-order valence-corrected chi connectivity index (χ2v) is 2.26. The van der Waals surface area contributed by atoms with Gasteiger partial charge in [0.1, 0.15) is 0 Å². The summed E-state index contributed by atoms with van der Waals surface area (Å²) in [5.74, 6) is 0. The average molecular weight is 122 g/mol. The maximum Gasteiger partial charge on any atom is 1.00 e. The van der Waals surface area contributed by atoms with Crippen molar-refractivity contribution in [2.24, 2.45) is 0 Å². The summed E-state index contributed by atoms with van der Waals surface area (Å²) in [6.07, 6.45) is 5.29. The van der Waals surface area contributed by atoms with Crippen molar-refractivity contribution in [3.63, 3.8) is 0 Å². The van der Waals surface area contributed by atoms with Crippen LogP contribution >= 0.6 is 0 Å². The normalized spacial score (nSPS) is 22.1. The molecule has 0 saturated heterocycles. The minimum Gasteiger partial charge on any atom is -0.852 e. The Morgan fingerprint density at radius 1 is 1.00 bits per heavy atom. The molecule has 0 aromatic heterocycles. The Balaban J connectivity index is 0.000000490. The van der Waals surface area contributed by atoms with Crippen LogP contribution in [0, 0.1) is 0 Å². The van der Waals surface area contributed by atoms with Crippen molar-refractivity contribution in [1.82, 2.24) is 0 Å². The second kappa shape index (κ2) is 4.80. The standard InChI is InChI=1S/C6H11O.Na/c7-6-4-2-1-3-5-6;/h6H,1-5H2;/q-1;+1. The molecule has 42 valence electrons. The van der Waals surface area contributed by atoms with Gasteiger partial charge in [-0.05, 0) is 0 Å². The van der Waals surface area contributed by atoms with E-state index in [9.17, 15) is 5.11 Å². The zero-order valence-electron chi connectivity index (χ0n) is 5.52. The van der Waals surface area contributed by atoms with Crippen LogP contribution in [0.1, 0.15) is 32.1 Å². The maximum absolute atomic E-state index is 10.5. The molecule has 0 bridgehead atoms. The maximum atomic E-state index is 10.5. The van der Waals surface area contributed by atoms with Crippen LogP contribution in [0.15, 0.2) is 0 Å². The monoisotopic (exact) mass is 122 g/mol. The quantitative estimate of drug-likeness (QED) is 0.331. The van der Waals surface area contributed by atoms with Gasteiger partial charge in [0, 0.05) is 0 Å². The summed E-state index contributed by atoms with van der Waals surface area (Å²) >= 11 is 0. The third-order valence-electron chi connectivity index (χ3n) is 1.55. The Hall–Kier alpha value is 0.960. The van der Waals surface area contributed by atoms with Crippen molar-refractivity contribution in [2.45, 2.75) is 38.2 Å². The van der Waals surface area contributed by atoms with Crippen molar-refractivity contribution >= 4 is 0 Å². The van der Waals surface area contributed by atoms with Gasteiger partial charge in [0.15, 0.2) is 0 Å². The second-order valence-electron chi connectivity index (χ2n) is 2.26. The first-order valence-corrected chi connectivity index (χ1v) is 3.05. The van der Waals surface area contributed by atoms with Crippen LogP contribution in [0.5, 0.6) is 0 Å². The molecular weight excluding hydrogens is 111 g/mol. The van der Waals surface area contributed by atoms with Gasteiger partial charge >= 0.3 is 29.6 Å². The molecule has 1 fully saturated rings. The summed E-state index contributed by atoms with van der Waals surface area (Å²) in [4.78, 5) is 0. The number of hydrogen-bond donors (Lipinski definition) is 0. The minimum atomic E-state index is -0.214. The van der Waals surface area contributed by atoms with E-state index in [1.165, 1.54) is 19.3 Å².